The summed E-state index contributed by atoms with van der Waals surface area (Å²) in [5.41, 5.74) is 3.57. The van der Waals surface area contributed by atoms with Crippen LogP contribution < -0.4 is 5.32 Å². The van der Waals surface area contributed by atoms with Gasteiger partial charge < -0.3 is 10.1 Å². The molecule has 0 atom stereocenters. The van der Waals surface area contributed by atoms with Crippen molar-refractivity contribution in [1.82, 2.24) is 0 Å². The number of aryl methyl sites for hydroxylation is 3. The van der Waals surface area contributed by atoms with Crippen LogP contribution in [-0.4, -0.2) is 32.7 Å². The highest BCUT2D eigenvalue weighted by atomic mass is 32.2. The van der Waals surface area contributed by atoms with E-state index in [4.69, 9.17) is 4.74 Å². The summed E-state index contributed by atoms with van der Waals surface area (Å²) in [6.07, 6.45) is -0.312. The Labute approximate surface area is 159 Å². The fourth-order valence-corrected chi connectivity index (χ4v) is 3.77. The molecule has 0 aromatic heterocycles. The largest absolute Gasteiger partial charge is 0.456 e. The van der Waals surface area contributed by atoms with Crippen LogP contribution in [0.1, 0.15) is 23.1 Å². The Morgan fingerprint density at radius 2 is 1.52 bits per heavy atom. The first-order chi connectivity index (χ1) is 12.7. The smallest absolute Gasteiger partial charge is 0.307 e. The summed E-state index contributed by atoms with van der Waals surface area (Å²) >= 11 is 0. The third-order valence-electron chi connectivity index (χ3n) is 3.82. The molecule has 7 heteroatoms. The van der Waals surface area contributed by atoms with Crippen LogP contribution in [0.5, 0.6) is 0 Å². The Kier molecular flexibility index (Phi) is 6.74. The highest BCUT2D eigenvalue weighted by Crippen LogP contribution is 2.14. The Morgan fingerprint density at radius 3 is 2.11 bits per heavy atom. The van der Waals surface area contributed by atoms with E-state index in [0.717, 1.165) is 16.7 Å². The van der Waals surface area contributed by atoms with Gasteiger partial charge in [0, 0.05) is 5.69 Å². The molecule has 0 saturated heterocycles. The average Bonchev–Trinajstić information content (AvgIpc) is 2.57. The number of anilines is 1. The second-order valence-corrected chi connectivity index (χ2v) is 8.58. The van der Waals surface area contributed by atoms with Gasteiger partial charge in [-0.3, -0.25) is 9.59 Å². The van der Waals surface area contributed by atoms with Gasteiger partial charge in [-0.05, 0) is 56.2 Å². The van der Waals surface area contributed by atoms with Gasteiger partial charge in [0.15, 0.2) is 16.4 Å². The molecule has 0 radical (unpaired) electrons. The van der Waals surface area contributed by atoms with Crippen LogP contribution in [0.4, 0.5) is 5.69 Å². The SMILES string of the molecule is Cc1ccc(S(=O)(=O)CCC(=O)OCC(=O)Nc2cc(C)cc(C)c2)cc1. The van der Waals surface area contributed by atoms with E-state index in [0.29, 0.717) is 5.69 Å². The topological polar surface area (TPSA) is 89.5 Å². The van der Waals surface area contributed by atoms with Crippen LogP contribution in [0, 0.1) is 20.8 Å². The van der Waals surface area contributed by atoms with E-state index >= 15 is 0 Å². The number of carbonyl (C=O) groups is 2. The maximum atomic E-state index is 12.2. The minimum absolute atomic E-state index is 0.161. The molecule has 0 saturated carbocycles. The summed E-state index contributed by atoms with van der Waals surface area (Å²) in [6, 6.07) is 12.0. The van der Waals surface area contributed by atoms with Gasteiger partial charge in [0.2, 0.25) is 0 Å². The second-order valence-electron chi connectivity index (χ2n) is 6.47. The highest BCUT2D eigenvalue weighted by molar-refractivity contribution is 7.91. The molecule has 0 bridgehead atoms. The Bertz CT molecular complexity index is 913. The van der Waals surface area contributed by atoms with Crippen molar-refractivity contribution in [2.24, 2.45) is 0 Å². The third kappa shape index (κ3) is 6.53. The van der Waals surface area contributed by atoms with Crippen molar-refractivity contribution in [2.45, 2.75) is 32.1 Å². The fourth-order valence-electron chi connectivity index (χ4n) is 2.54. The fraction of sp³-hybridized carbons (Fsp3) is 0.300. The number of benzene rings is 2. The molecule has 27 heavy (non-hydrogen) atoms. The number of sulfone groups is 1. The zero-order valence-electron chi connectivity index (χ0n) is 15.6. The number of ether oxygens (including phenoxy) is 1. The van der Waals surface area contributed by atoms with Crippen molar-refractivity contribution in [3.8, 4) is 0 Å². The van der Waals surface area contributed by atoms with Crippen LogP contribution in [-0.2, 0) is 24.2 Å². The predicted molar refractivity (Wildman–Crippen MR) is 103 cm³/mol. The molecule has 2 aromatic carbocycles. The first-order valence-corrected chi connectivity index (χ1v) is 10.1. The van der Waals surface area contributed by atoms with Crippen LogP contribution in [0.3, 0.4) is 0 Å². The van der Waals surface area contributed by atoms with E-state index in [1.807, 2.05) is 26.8 Å². The highest BCUT2D eigenvalue weighted by Gasteiger charge is 2.17. The molecular weight excluding hydrogens is 366 g/mol. The number of hydrogen-bond acceptors (Lipinski definition) is 5. The zero-order valence-corrected chi connectivity index (χ0v) is 16.4. The van der Waals surface area contributed by atoms with Crippen molar-refractivity contribution in [1.29, 1.82) is 0 Å². The lowest BCUT2D eigenvalue weighted by Crippen LogP contribution is -2.22. The maximum absolute atomic E-state index is 12.2. The molecule has 2 aromatic rings. The van der Waals surface area contributed by atoms with E-state index in [1.54, 1.807) is 24.3 Å². The van der Waals surface area contributed by atoms with Crippen molar-refractivity contribution in [3.05, 3.63) is 59.2 Å². The zero-order chi connectivity index (χ0) is 20.0. The molecule has 0 aliphatic heterocycles. The minimum Gasteiger partial charge on any atom is -0.456 e. The first kappa shape index (κ1) is 20.6. The van der Waals surface area contributed by atoms with Gasteiger partial charge in [0.25, 0.3) is 5.91 Å². The molecule has 2 rings (SSSR count). The van der Waals surface area contributed by atoms with Crippen LogP contribution in [0.15, 0.2) is 47.4 Å². The van der Waals surface area contributed by atoms with E-state index in [1.165, 1.54) is 12.1 Å². The van der Waals surface area contributed by atoms with Gasteiger partial charge in [-0.2, -0.15) is 0 Å². The molecule has 0 fully saturated rings. The third-order valence-corrected chi connectivity index (χ3v) is 5.56. The number of carbonyl (C=O) groups excluding carboxylic acids is 2. The summed E-state index contributed by atoms with van der Waals surface area (Å²) in [5, 5.41) is 2.65. The first-order valence-electron chi connectivity index (χ1n) is 8.49. The monoisotopic (exact) mass is 389 g/mol. The average molecular weight is 389 g/mol. The lowest BCUT2D eigenvalue weighted by molar-refractivity contribution is -0.146. The molecule has 0 unspecified atom stereocenters. The van der Waals surface area contributed by atoms with E-state index in [9.17, 15) is 18.0 Å². The quantitative estimate of drug-likeness (QED) is 0.736. The molecule has 0 heterocycles. The van der Waals surface area contributed by atoms with Gasteiger partial charge in [-0.15, -0.1) is 0 Å². The van der Waals surface area contributed by atoms with Gasteiger partial charge in [-0.1, -0.05) is 23.8 Å². The molecular formula is C20H23NO5S. The molecule has 0 spiro atoms. The van der Waals surface area contributed by atoms with Crippen molar-refractivity contribution < 1.29 is 22.7 Å². The van der Waals surface area contributed by atoms with Crippen molar-refractivity contribution in [3.63, 3.8) is 0 Å². The van der Waals surface area contributed by atoms with Gasteiger partial charge in [0.1, 0.15) is 0 Å². The molecule has 144 valence electrons. The van der Waals surface area contributed by atoms with E-state index in [2.05, 4.69) is 5.32 Å². The lowest BCUT2D eigenvalue weighted by Gasteiger charge is -2.09. The normalized spacial score (nSPS) is 11.1. The van der Waals surface area contributed by atoms with Gasteiger partial charge in [-0.25, -0.2) is 8.42 Å². The summed E-state index contributed by atoms with van der Waals surface area (Å²) in [6.45, 7) is 5.22. The predicted octanol–water partition coefficient (Wildman–Crippen LogP) is 2.96. The number of hydrogen-bond donors (Lipinski definition) is 1. The lowest BCUT2D eigenvalue weighted by atomic mass is 10.1. The summed E-state index contributed by atoms with van der Waals surface area (Å²) in [4.78, 5) is 23.8. The molecule has 0 aliphatic carbocycles. The maximum Gasteiger partial charge on any atom is 0.307 e. The second kappa shape index (κ2) is 8.81. The minimum atomic E-state index is -3.57. The van der Waals surface area contributed by atoms with Gasteiger partial charge >= 0.3 is 5.97 Å². The van der Waals surface area contributed by atoms with Crippen LogP contribution >= 0.6 is 0 Å². The number of amides is 1. The van der Waals surface area contributed by atoms with Gasteiger partial charge in [0.05, 0.1) is 17.1 Å². The summed E-state index contributed by atoms with van der Waals surface area (Å²) in [5.74, 6) is -1.58. The van der Waals surface area contributed by atoms with Crippen LogP contribution in [0.25, 0.3) is 0 Å². The molecule has 0 aliphatic rings. The number of nitrogens with one attached hydrogen (secondary N) is 1. The van der Waals surface area contributed by atoms with E-state index < -0.39 is 28.3 Å². The van der Waals surface area contributed by atoms with E-state index in [-0.39, 0.29) is 17.1 Å². The number of rotatable bonds is 7. The number of esters is 1. The molecule has 6 nitrogen and oxygen atoms in total. The van der Waals surface area contributed by atoms with Crippen molar-refractivity contribution in [2.75, 3.05) is 17.7 Å². The molecule has 1 amide bonds. The van der Waals surface area contributed by atoms with Crippen molar-refractivity contribution >= 4 is 27.4 Å². The summed E-state index contributed by atoms with van der Waals surface area (Å²) in [7, 11) is -3.57. The molecule has 1 N–H and O–H groups in total. The standard InChI is InChI=1S/C20H23NO5S/c1-14-4-6-18(7-5-14)27(24,25)9-8-20(23)26-13-19(22)21-17-11-15(2)10-16(3)12-17/h4-7,10-12H,8-9,13H2,1-3H3,(H,21,22). The Morgan fingerprint density at radius 1 is 0.926 bits per heavy atom. The van der Waals surface area contributed by atoms with Crippen LogP contribution in [0.2, 0.25) is 0 Å². The Balaban J connectivity index is 1.81. The summed E-state index contributed by atoms with van der Waals surface area (Å²) < 4.78 is 29.3. The Hall–Kier alpha value is -2.67.